The van der Waals surface area contributed by atoms with Crippen molar-refractivity contribution >= 4 is 17.3 Å². The number of methoxy groups -OCH3 is 1. The molecule has 6 heteroatoms. The van der Waals surface area contributed by atoms with E-state index in [0.29, 0.717) is 6.54 Å². The van der Waals surface area contributed by atoms with Crippen molar-refractivity contribution in [3.63, 3.8) is 0 Å². The largest absolute Gasteiger partial charge is 0.467 e. The second kappa shape index (κ2) is 6.32. The molecular weight excluding hydrogens is 296 g/mol. The van der Waals surface area contributed by atoms with Crippen LogP contribution in [0.1, 0.15) is 17.4 Å². The Morgan fingerprint density at radius 1 is 1.38 bits per heavy atom. The fourth-order valence-corrected chi connectivity index (χ4v) is 2.68. The highest BCUT2D eigenvalue weighted by Crippen LogP contribution is 2.27. The number of benzene rings is 1. The predicted molar refractivity (Wildman–Crippen MR) is 76.9 cm³/mol. The van der Waals surface area contributed by atoms with E-state index in [9.17, 15) is 13.6 Å². The SMILES string of the molecule is COC(=O)C(C)(NCc1cccs1)c1cc(F)ccc1F. The average molecular weight is 311 g/mol. The van der Waals surface area contributed by atoms with Crippen LogP contribution in [0.25, 0.3) is 0 Å². The Morgan fingerprint density at radius 3 is 2.76 bits per heavy atom. The number of carbonyl (C=O) groups excluding carboxylic acids is 1. The van der Waals surface area contributed by atoms with Crippen LogP contribution < -0.4 is 5.32 Å². The van der Waals surface area contributed by atoms with Crippen molar-refractivity contribution in [2.24, 2.45) is 0 Å². The Hall–Kier alpha value is -1.79. The van der Waals surface area contributed by atoms with E-state index in [1.165, 1.54) is 25.4 Å². The molecule has 1 aromatic carbocycles. The lowest BCUT2D eigenvalue weighted by molar-refractivity contribution is -0.148. The maximum Gasteiger partial charge on any atom is 0.330 e. The zero-order valence-electron chi connectivity index (χ0n) is 11.7. The summed E-state index contributed by atoms with van der Waals surface area (Å²) < 4.78 is 32.2. The van der Waals surface area contributed by atoms with Crippen LogP contribution in [-0.2, 0) is 21.6 Å². The zero-order chi connectivity index (χ0) is 15.5. The molecule has 2 aromatic rings. The third-order valence-electron chi connectivity index (χ3n) is 3.26. The van der Waals surface area contributed by atoms with E-state index in [-0.39, 0.29) is 5.56 Å². The van der Waals surface area contributed by atoms with Crippen LogP contribution >= 0.6 is 11.3 Å². The minimum absolute atomic E-state index is 0.0779. The molecule has 0 amide bonds. The van der Waals surface area contributed by atoms with Crippen molar-refractivity contribution in [3.8, 4) is 0 Å². The van der Waals surface area contributed by atoms with Crippen molar-refractivity contribution in [1.82, 2.24) is 5.32 Å². The molecule has 0 saturated carbocycles. The van der Waals surface area contributed by atoms with E-state index in [4.69, 9.17) is 4.74 Å². The molecule has 21 heavy (non-hydrogen) atoms. The monoisotopic (exact) mass is 311 g/mol. The van der Waals surface area contributed by atoms with Gasteiger partial charge in [0, 0.05) is 17.0 Å². The molecule has 0 radical (unpaired) electrons. The number of esters is 1. The standard InChI is InChI=1S/C15H15F2NO2S/c1-15(14(19)20-2,18-9-11-4-3-7-21-11)12-8-10(16)5-6-13(12)17/h3-8,18H,9H2,1-2H3. The summed E-state index contributed by atoms with van der Waals surface area (Å²) >= 11 is 1.50. The first-order valence-electron chi connectivity index (χ1n) is 6.28. The maximum absolute atomic E-state index is 14.0. The van der Waals surface area contributed by atoms with Gasteiger partial charge in [-0.05, 0) is 36.6 Å². The van der Waals surface area contributed by atoms with Gasteiger partial charge in [-0.15, -0.1) is 11.3 Å². The van der Waals surface area contributed by atoms with E-state index in [1.807, 2.05) is 17.5 Å². The molecule has 1 heterocycles. The highest BCUT2D eigenvalue weighted by molar-refractivity contribution is 7.09. The van der Waals surface area contributed by atoms with Gasteiger partial charge in [-0.3, -0.25) is 5.32 Å². The number of ether oxygens (including phenoxy) is 1. The number of nitrogens with one attached hydrogen (secondary N) is 1. The van der Waals surface area contributed by atoms with Gasteiger partial charge in [-0.25, -0.2) is 13.6 Å². The minimum atomic E-state index is -1.47. The maximum atomic E-state index is 14.0. The number of hydrogen-bond acceptors (Lipinski definition) is 4. The molecular formula is C15H15F2NO2S. The van der Waals surface area contributed by atoms with Gasteiger partial charge >= 0.3 is 5.97 Å². The van der Waals surface area contributed by atoms with Crippen molar-refractivity contribution in [1.29, 1.82) is 0 Å². The molecule has 2 rings (SSSR count). The zero-order valence-corrected chi connectivity index (χ0v) is 12.5. The third-order valence-corrected chi connectivity index (χ3v) is 4.13. The first-order valence-corrected chi connectivity index (χ1v) is 7.16. The molecule has 0 aliphatic carbocycles. The number of hydrogen-bond donors (Lipinski definition) is 1. The van der Waals surface area contributed by atoms with Gasteiger partial charge in [0.2, 0.25) is 0 Å². The molecule has 0 bridgehead atoms. The highest BCUT2D eigenvalue weighted by Gasteiger charge is 2.38. The first kappa shape index (κ1) is 15.6. The third kappa shape index (κ3) is 3.28. The average Bonchev–Trinajstić information content (AvgIpc) is 2.99. The smallest absolute Gasteiger partial charge is 0.330 e. The summed E-state index contributed by atoms with van der Waals surface area (Å²) in [5.74, 6) is -1.95. The van der Waals surface area contributed by atoms with E-state index < -0.39 is 23.1 Å². The topological polar surface area (TPSA) is 38.3 Å². The van der Waals surface area contributed by atoms with Crippen LogP contribution in [0.2, 0.25) is 0 Å². The Kier molecular flexibility index (Phi) is 4.69. The van der Waals surface area contributed by atoms with Crippen molar-refractivity contribution in [2.45, 2.75) is 19.0 Å². The van der Waals surface area contributed by atoms with Crippen LogP contribution in [0.5, 0.6) is 0 Å². The summed E-state index contributed by atoms with van der Waals surface area (Å²) in [5.41, 5.74) is -1.55. The van der Waals surface area contributed by atoms with Gasteiger partial charge in [0.1, 0.15) is 17.2 Å². The summed E-state index contributed by atoms with van der Waals surface area (Å²) in [4.78, 5) is 13.1. The molecule has 3 nitrogen and oxygen atoms in total. The van der Waals surface area contributed by atoms with Gasteiger partial charge in [-0.1, -0.05) is 6.07 Å². The van der Waals surface area contributed by atoms with Crippen molar-refractivity contribution in [3.05, 3.63) is 57.8 Å². The molecule has 1 atom stereocenters. The molecule has 112 valence electrons. The molecule has 0 aliphatic rings. The second-order valence-corrected chi connectivity index (χ2v) is 5.71. The molecule has 1 N–H and O–H groups in total. The quantitative estimate of drug-likeness (QED) is 0.862. The number of halogens is 2. The van der Waals surface area contributed by atoms with Crippen LogP contribution in [0.3, 0.4) is 0 Å². The normalized spacial score (nSPS) is 13.7. The number of carbonyl (C=O) groups is 1. The summed E-state index contributed by atoms with van der Waals surface area (Å²) in [5, 5.41) is 4.86. The van der Waals surface area contributed by atoms with E-state index in [2.05, 4.69) is 5.32 Å². The van der Waals surface area contributed by atoms with Crippen molar-refractivity contribution in [2.75, 3.05) is 7.11 Å². The van der Waals surface area contributed by atoms with Crippen LogP contribution in [0, 0.1) is 11.6 Å². The molecule has 0 spiro atoms. The summed E-state index contributed by atoms with van der Waals surface area (Å²) in [7, 11) is 1.21. The Labute approximate surface area is 125 Å². The lowest BCUT2D eigenvalue weighted by atomic mass is 9.91. The van der Waals surface area contributed by atoms with Crippen LogP contribution in [0.15, 0.2) is 35.7 Å². The highest BCUT2D eigenvalue weighted by atomic mass is 32.1. The molecule has 0 aliphatic heterocycles. The van der Waals surface area contributed by atoms with Gasteiger partial charge < -0.3 is 4.74 Å². The lowest BCUT2D eigenvalue weighted by Gasteiger charge is -2.28. The Bertz CT molecular complexity index is 631. The summed E-state index contributed by atoms with van der Waals surface area (Å²) in [6, 6.07) is 6.78. The lowest BCUT2D eigenvalue weighted by Crippen LogP contribution is -2.47. The summed E-state index contributed by atoms with van der Waals surface area (Å²) in [6.45, 7) is 1.82. The predicted octanol–water partition coefficient (Wildman–Crippen LogP) is 3.20. The van der Waals surface area contributed by atoms with E-state index in [1.54, 1.807) is 0 Å². The van der Waals surface area contributed by atoms with E-state index in [0.717, 1.165) is 23.1 Å². The fourth-order valence-electron chi connectivity index (χ4n) is 2.04. The summed E-state index contributed by atoms with van der Waals surface area (Å²) in [6.07, 6.45) is 0. The van der Waals surface area contributed by atoms with Crippen molar-refractivity contribution < 1.29 is 18.3 Å². The van der Waals surface area contributed by atoms with Gasteiger partial charge in [0.15, 0.2) is 0 Å². The van der Waals surface area contributed by atoms with Crippen LogP contribution in [-0.4, -0.2) is 13.1 Å². The first-order chi connectivity index (χ1) is 9.97. The molecule has 1 unspecified atom stereocenters. The second-order valence-electron chi connectivity index (χ2n) is 4.67. The minimum Gasteiger partial charge on any atom is -0.467 e. The number of thiophene rings is 1. The van der Waals surface area contributed by atoms with E-state index >= 15 is 0 Å². The van der Waals surface area contributed by atoms with Crippen LogP contribution in [0.4, 0.5) is 8.78 Å². The molecule has 0 saturated heterocycles. The number of rotatable bonds is 5. The van der Waals surface area contributed by atoms with Gasteiger partial charge in [0.25, 0.3) is 0 Å². The van der Waals surface area contributed by atoms with Gasteiger partial charge in [-0.2, -0.15) is 0 Å². The fraction of sp³-hybridized carbons (Fsp3) is 0.267. The molecule has 0 fully saturated rings. The Morgan fingerprint density at radius 2 is 2.14 bits per heavy atom. The Balaban J connectivity index is 2.36. The molecule has 1 aromatic heterocycles. The van der Waals surface area contributed by atoms with Gasteiger partial charge in [0.05, 0.1) is 7.11 Å².